The lowest BCUT2D eigenvalue weighted by atomic mass is 9.99. The highest BCUT2D eigenvalue weighted by atomic mass is 16.6. The lowest BCUT2D eigenvalue weighted by Gasteiger charge is -2.18. The highest BCUT2D eigenvalue weighted by molar-refractivity contribution is 5.71. The van der Waals surface area contributed by atoms with Gasteiger partial charge in [-0.15, -0.1) is 0 Å². The number of esters is 3. The summed E-state index contributed by atoms with van der Waals surface area (Å²) < 4.78 is 16.7. The first-order valence-electron chi connectivity index (χ1n) is 22.6. The molecule has 6 heteroatoms. The van der Waals surface area contributed by atoms with Gasteiger partial charge < -0.3 is 14.2 Å². The third kappa shape index (κ3) is 38.1. The van der Waals surface area contributed by atoms with Crippen LogP contribution in [0.15, 0.2) is 0 Å². The van der Waals surface area contributed by atoms with Gasteiger partial charge in [0.15, 0.2) is 6.10 Å². The number of carbonyl (C=O) groups is 3. The molecule has 0 aliphatic heterocycles. The van der Waals surface area contributed by atoms with Crippen molar-refractivity contribution in [3.63, 3.8) is 0 Å². The van der Waals surface area contributed by atoms with E-state index in [9.17, 15) is 14.4 Å². The fourth-order valence-electron chi connectivity index (χ4n) is 6.67. The van der Waals surface area contributed by atoms with Crippen molar-refractivity contribution in [1.82, 2.24) is 0 Å². The van der Waals surface area contributed by atoms with E-state index in [1.54, 1.807) is 0 Å². The molecule has 6 nitrogen and oxygen atoms in total. The molecule has 0 heterocycles. The summed E-state index contributed by atoms with van der Waals surface area (Å²) >= 11 is 0. The Morgan fingerprint density at radius 1 is 0.385 bits per heavy atom. The van der Waals surface area contributed by atoms with Gasteiger partial charge in [0, 0.05) is 19.3 Å². The average Bonchev–Trinajstić information content (AvgIpc) is 3.11. The molecule has 0 amide bonds. The second-order valence-corrected chi connectivity index (χ2v) is 16.9. The maximum atomic E-state index is 12.7. The van der Waals surface area contributed by atoms with Crippen LogP contribution in [0, 0.1) is 17.8 Å². The van der Waals surface area contributed by atoms with Crippen molar-refractivity contribution in [3.05, 3.63) is 0 Å². The van der Waals surface area contributed by atoms with Crippen LogP contribution in [0.2, 0.25) is 0 Å². The molecule has 0 rings (SSSR count). The van der Waals surface area contributed by atoms with Crippen LogP contribution in [0.5, 0.6) is 0 Å². The fourth-order valence-corrected chi connectivity index (χ4v) is 6.67. The molecule has 308 valence electrons. The Labute approximate surface area is 323 Å². The van der Waals surface area contributed by atoms with Gasteiger partial charge in [-0.05, 0) is 37.0 Å². The van der Waals surface area contributed by atoms with E-state index in [1.807, 2.05) is 0 Å². The van der Waals surface area contributed by atoms with Crippen molar-refractivity contribution in [1.29, 1.82) is 0 Å². The summed E-state index contributed by atoms with van der Waals surface area (Å²) in [6, 6.07) is 0. The minimum Gasteiger partial charge on any atom is -0.462 e. The summed E-state index contributed by atoms with van der Waals surface area (Å²) in [5.41, 5.74) is 0. The van der Waals surface area contributed by atoms with Crippen molar-refractivity contribution in [2.75, 3.05) is 13.2 Å². The van der Waals surface area contributed by atoms with Gasteiger partial charge >= 0.3 is 17.9 Å². The van der Waals surface area contributed by atoms with Gasteiger partial charge in [0.1, 0.15) is 13.2 Å². The van der Waals surface area contributed by atoms with Crippen molar-refractivity contribution >= 4 is 17.9 Å². The standard InChI is InChI=1S/C46H88O6/c1-7-42(6)34-28-22-15-12-13-16-23-29-35-44(47)50-38-43(39-51-45(48)36-30-24-19-18-21-27-33-41(4)5)52-46(49)37-31-25-17-11-9-8-10-14-20-26-32-40(2)3/h40-43H,7-39H2,1-6H3/t42?,43-/m0/s1. The molecule has 0 spiro atoms. The molecule has 0 aliphatic rings. The minimum atomic E-state index is -0.762. The Morgan fingerprint density at radius 2 is 0.673 bits per heavy atom. The Hall–Kier alpha value is -1.59. The largest absolute Gasteiger partial charge is 0.462 e. The third-order valence-electron chi connectivity index (χ3n) is 10.5. The van der Waals surface area contributed by atoms with E-state index in [-0.39, 0.29) is 31.1 Å². The number of carbonyl (C=O) groups excluding carboxylic acids is 3. The predicted molar refractivity (Wildman–Crippen MR) is 219 cm³/mol. The van der Waals surface area contributed by atoms with E-state index in [4.69, 9.17) is 14.2 Å². The highest BCUT2D eigenvalue weighted by Gasteiger charge is 2.19. The molecule has 0 aliphatic carbocycles. The van der Waals surface area contributed by atoms with Crippen LogP contribution in [-0.4, -0.2) is 37.2 Å². The second kappa shape index (κ2) is 37.7. The molecule has 0 N–H and O–H groups in total. The van der Waals surface area contributed by atoms with Crippen LogP contribution in [-0.2, 0) is 28.6 Å². The normalized spacial score (nSPS) is 12.7. The Bertz CT molecular complexity index is 809. The van der Waals surface area contributed by atoms with Gasteiger partial charge in [0.05, 0.1) is 0 Å². The van der Waals surface area contributed by atoms with E-state index < -0.39 is 6.10 Å². The maximum absolute atomic E-state index is 12.7. The van der Waals surface area contributed by atoms with Crippen LogP contribution < -0.4 is 0 Å². The summed E-state index contributed by atoms with van der Waals surface area (Å²) in [6.07, 6.45) is 33.8. The number of unbranched alkanes of at least 4 members (excludes halogenated alkanes) is 21. The molecular formula is C46H88O6. The molecule has 0 aromatic rings. The SMILES string of the molecule is CCC(C)CCCCCCCCCCC(=O)OC[C@@H](COC(=O)CCCCCCCCC(C)C)OC(=O)CCCCCCCCCCCCC(C)C. The van der Waals surface area contributed by atoms with Crippen LogP contribution in [0.4, 0.5) is 0 Å². The van der Waals surface area contributed by atoms with E-state index >= 15 is 0 Å². The van der Waals surface area contributed by atoms with Crippen LogP contribution >= 0.6 is 0 Å². The van der Waals surface area contributed by atoms with Gasteiger partial charge in [-0.25, -0.2) is 0 Å². The Morgan fingerprint density at radius 3 is 1.00 bits per heavy atom. The lowest BCUT2D eigenvalue weighted by Crippen LogP contribution is -2.30. The van der Waals surface area contributed by atoms with E-state index in [2.05, 4.69) is 41.5 Å². The van der Waals surface area contributed by atoms with Gasteiger partial charge in [0.25, 0.3) is 0 Å². The molecule has 0 bridgehead atoms. The van der Waals surface area contributed by atoms with Crippen LogP contribution in [0.25, 0.3) is 0 Å². The molecule has 0 aromatic carbocycles. The van der Waals surface area contributed by atoms with Crippen LogP contribution in [0.1, 0.15) is 241 Å². The molecule has 52 heavy (non-hydrogen) atoms. The molecule has 0 aromatic heterocycles. The number of ether oxygens (including phenoxy) is 3. The minimum absolute atomic E-state index is 0.0671. The first-order valence-corrected chi connectivity index (χ1v) is 22.6. The monoisotopic (exact) mass is 737 g/mol. The third-order valence-corrected chi connectivity index (χ3v) is 10.5. The predicted octanol–water partition coefficient (Wildman–Crippen LogP) is 14.0. The van der Waals surface area contributed by atoms with Crippen molar-refractivity contribution < 1.29 is 28.6 Å². The molecular weight excluding hydrogens is 648 g/mol. The summed E-state index contributed by atoms with van der Waals surface area (Å²) in [6.45, 7) is 13.6. The van der Waals surface area contributed by atoms with E-state index in [1.165, 1.54) is 122 Å². The molecule has 0 radical (unpaired) electrons. The van der Waals surface area contributed by atoms with Crippen molar-refractivity contribution in [2.45, 2.75) is 247 Å². The Kier molecular flexibility index (Phi) is 36.6. The quantitative estimate of drug-likeness (QED) is 0.0355. The molecule has 0 fully saturated rings. The Balaban J connectivity index is 4.35. The highest BCUT2D eigenvalue weighted by Crippen LogP contribution is 2.17. The van der Waals surface area contributed by atoms with E-state index in [0.717, 1.165) is 75.5 Å². The number of hydrogen-bond donors (Lipinski definition) is 0. The van der Waals surface area contributed by atoms with Gasteiger partial charge in [-0.2, -0.15) is 0 Å². The first-order chi connectivity index (χ1) is 25.1. The van der Waals surface area contributed by atoms with Crippen molar-refractivity contribution in [3.8, 4) is 0 Å². The summed E-state index contributed by atoms with van der Waals surface area (Å²) in [7, 11) is 0. The number of hydrogen-bond acceptors (Lipinski definition) is 6. The van der Waals surface area contributed by atoms with Crippen molar-refractivity contribution in [2.24, 2.45) is 17.8 Å². The average molecular weight is 737 g/mol. The van der Waals surface area contributed by atoms with Crippen LogP contribution in [0.3, 0.4) is 0 Å². The maximum Gasteiger partial charge on any atom is 0.306 e. The summed E-state index contributed by atoms with van der Waals surface area (Å²) in [5.74, 6) is 1.56. The van der Waals surface area contributed by atoms with Gasteiger partial charge in [-0.3, -0.25) is 14.4 Å². The molecule has 1 unspecified atom stereocenters. The summed E-state index contributed by atoms with van der Waals surface area (Å²) in [5, 5.41) is 0. The molecule has 2 atom stereocenters. The first kappa shape index (κ1) is 50.4. The molecule has 0 saturated carbocycles. The zero-order valence-corrected chi connectivity index (χ0v) is 35.6. The lowest BCUT2D eigenvalue weighted by molar-refractivity contribution is -0.167. The van der Waals surface area contributed by atoms with E-state index in [0.29, 0.717) is 19.3 Å². The molecule has 0 saturated heterocycles. The zero-order chi connectivity index (χ0) is 38.5. The summed E-state index contributed by atoms with van der Waals surface area (Å²) in [4.78, 5) is 37.7. The zero-order valence-electron chi connectivity index (χ0n) is 35.6. The fraction of sp³-hybridized carbons (Fsp3) is 0.935. The number of rotatable bonds is 39. The van der Waals surface area contributed by atoms with Gasteiger partial charge in [0.2, 0.25) is 0 Å². The van der Waals surface area contributed by atoms with Gasteiger partial charge in [-0.1, -0.05) is 202 Å². The smallest absolute Gasteiger partial charge is 0.306 e. The topological polar surface area (TPSA) is 78.9 Å². The second-order valence-electron chi connectivity index (χ2n) is 16.9.